The predicted molar refractivity (Wildman–Crippen MR) is 77.7 cm³/mol. The highest BCUT2D eigenvalue weighted by Gasteiger charge is 2.33. The van der Waals surface area contributed by atoms with E-state index in [4.69, 9.17) is 5.73 Å². The Hall–Kier alpha value is -1.35. The van der Waals surface area contributed by atoms with E-state index < -0.39 is 0 Å². The van der Waals surface area contributed by atoms with Crippen molar-refractivity contribution in [2.45, 2.75) is 38.6 Å². The summed E-state index contributed by atoms with van der Waals surface area (Å²) in [6.07, 6.45) is 3.58. The van der Waals surface area contributed by atoms with Gasteiger partial charge in [0.2, 0.25) is 5.91 Å². The third kappa shape index (κ3) is 3.57. The van der Waals surface area contributed by atoms with Gasteiger partial charge in [0, 0.05) is 19.0 Å². The SMILES string of the molecule is C[C@H]1[C@@H](Cc2ccccc2)CCN1C(=O)CCCN. The van der Waals surface area contributed by atoms with Gasteiger partial charge in [0.05, 0.1) is 0 Å². The van der Waals surface area contributed by atoms with Gasteiger partial charge < -0.3 is 10.6 Å². The van der Waals surface area contributed by atoms with Crippen molar-refractivity contribution in [3.05, 3.63) is 35.9 Å². The van der Waals surface area contributed by atoms with Crippen LogP contribution in [0, 0.1) is 5.92 Å². The number of amides is 1. The number of nitrogens with two attached hydrogens (primary N) is 1. The molecule has 0 aromatic heterocycles. The third-order valence-corrected chi connectivity index (χ3v) is 4.17. The van der Waals surface area contributed by atoms with Crippen LogP contribution in [0.4, 0.5) is 0 Å². The maximum absolute atomic E-state index is 12.1. The lowest BCUT2D eigenvalue weighted by atomic mass is 9.93. The molecule has 0 unspecified atom stereocenters. The molecule has 104 valence electrons. The monoisotopic (exact) mass is 260 g/mol. The summed E-state index contributed by atoms with van der Waals surface area (Å²) in [6, 6.07) is 10.9. The average molecular weight is 260 g/mol. The van der Waals surface area contributed by atoms with Gasteiger partial charge in [0.25, 0.3) is 0 Å². The van der Waals surface area contributed by atoms with Crippen LogP contribution in [0.5, 0.6) is 0 Å². The van der Waals surface area contributed by atoms with E-state index in [2.05, 4.69) is 31.2 Å². The zero-order chi connectivity index (χ0) is 13.7. The number of rotatable bonds is 5. The summed E-state index contributed by atoms with van der Waals surface area (Å²) >= 11 is 0. The van der Waals surface area contributed by atoms with Gasteiger partial charge in [0.15, 0.2) is 0 Å². The minimum absolute atomic E-state index is 0.272. The lowest BCUT2D eigenvalue weighted by Crippen LogP contribution is -2.36. The van der Waals surface area contributed by atoms with Gasteiger partial charge in [-0.3, -0.25) is 4.79 Å². The Labute approximate surface area is 115 Å². The van der Waals surface area contributed by atoms with Gasteiger partial charge in [-0.1, -0.05) is 30.3 Å². The van der Waals surface area contributed by atoms with Crippen molar-refractivity contribution in [2.75, 3.05) is 13.1 Å². The molecule has 0 radical (unpaired) electrons. The molecule has 3 nitrogen and oxygen atoms in total. The van der Waals surface area contributed by atoms with Crippen LogP contribution in [0.2, 0.25) is 0 Å². The fraction of sp³-hybridized carbons (Fsp3) is 0.562. The number of likely N-dealkylation sites (tertiary alicyclic amines) is 1. The maximum Gasteiger partial charge on any atom is 0.222 e. The van der Waals surface area contributed by atoms with E-state index in [1.807, 2.05) is 11.0 Å². The summed E-state index contributed by atoms with van der Waals surface area (Å²) in [5.74, 6) is 0.859. The minimum Gasteiger partial charge on any atom is -0.340 e. The zero-order valence-corrected chi connectivity index (χ0v) is 11.7. The molecule has 0 aliphatic carbocycles. The first-order chi connectivity index (χ1) is 9.22. The summed E-state index contributed by atoms with van der Waals surface area (Å²) < 4.78 is 0. The summed E-state index contributed by atoms with van der Waals surface area (Å²) in [5.41, 5.74) is 6.84. The third-order valence-electron chi connectivity index (χ3n) is 4.17. The predicted octanol–water partition coefficient (Wildman–Crippen LogP) is 2.21. The second kappa shape index (κ2) is 6.71. The van der Waals surface area contributed by atoms with Gasteiger partial charge >= 0.3 is 0 Å². The summed E-state index contributed by atoms with van der Waals surface area (Å²) in [6.45, 7) is 3.68. The first-order valence-corrected chi connectivity index (χ1v) is 7.26. The molecule has 0 saturated carbocycles. The van der Waals surface area contributed by atoms with Crippen molar-refractivity contribution in [1.82, 2.24) is 4.90 Å². The summed E-state index contributed by atoms with van der Waals surface area (Å²) in [5, 5.41) is 0. The highest BCUT2D eigenvalue weighted by atomic mass is 16.2. The van der Waals surface area contributed by atoms with E-state index in [1.54, 1.807) is 0 Å². The van der Waals surface area contributed by atoms with Crippen molar-refractivity contribution in [2.24, 2.45) is 11.7 Å². The highest BCUT2D eigenvalue weighted by molar-refractivity contribution is 5.76. The van der Waals surface area contributed by atoms with Gasteiger partial charge in [-0.2, -0.15) is 0 Å². The van der Waals surface area contributed by atoms with Crippen LogP contribution in [0.15, 0.2) is 30.3 Å². The van der Waals surface area contributed by atoms with Crippen molar-refractivity contribution in [3.8, 4) is 0 Å². The molecule has 1 fully saturated rings. The van der Waals surface area contributed by atoms with Crippen molar-refractivity contribution in [1.29, 1.82) is 0 Å². The molecular weight excluding hydrogens is 236 g/mol. The van der Waals surface area contributed by atoms with Crippen molar-refractivity contribution in [3.63, 3.8) is 0 Å². The Bertz CT molecular complexity index is 404. The molecule has 0 bridgehead atoms. The number of carbonyl (C=O) groups excluding carboxylic acids is 1. The first kappa shape index (κ1) is 14.1. The second-order valence-corrected chi connectivity index (χ2v) is 5.46. The Balaban J connectivity index is 1.90. The molecule has 2 atom stereocenters. The molecule has 2 N–H and O–H groups in total. The number of nitrogens with zero attached hydrogens (tertiary/aromatic N) is 1. The van der Waals surface area contributed by atoms with E-state index in [-0.39, 0.29) is 5.91 Å². The quantitative estimate of drug-likeness (QED) is 0.882. The molecular formula is C16H24N2O. The minimum atomic E-state index is 0.272. The Morgan fingerprint density at radius 3 is 2.79 bits per heavy atom. The van der Waals surface area contributed by atoms with Gasteiger partial charge in [-0.25, -0.2) is 0 Å². The molecule has 1 aliphatic heterocycles. The van der Waals surface area contributed by atoms with E-state index in [9.17, 15) is 4.79 Å². The van der Waals surface area contributed by atoms with Crippen molar-refractivity contribution >= 4 is 5.91 Å². The largest absolute Gasteiger partial charge is 0.340 e. The smallest absolute Gasteiger partial charge is 0.222 e. The lowest BCUT2D eigenvalue weighted by Gasteiger charge is -2.25. The normalized spacial score (nSPS) is 22.7. The van der Waals surface area contributed by atoms with Gasteiger partial charge in [0.1, 0.15) is 0 Å². The molecule has 1 heterocycles. The number of carbonyl (C=O) groups is 1. The van der Waals surface area contributed by atoms with Crippen LogP contribution in [0.3, 0.4) is 0 Å². The van der Waals surface area contributed by atoms with Gasteiger partial charge in [-0.15, -0.1) is 0 Å². The fourth-order valence-corrected chi connectivity index (χ4v) is 2.94. The molecule has 1 amide bonds. The van der Waals surface area contributed by atoms with Crippen LogP contribution >= 0.6 is 0 Å². The van der Waals surface area contributed by atoms with E-state index in [1.165, 1.54) is 5.56 Å². The molecule has 1 aromatic carbocycles. The molecule has 19 heavy (non-hydrogen) atoms. The molecule has 1 aliphatic rings. The van der Waals surface area contributed by atoms with Crippen LogP contribution < -0.4 is 5.73 Å². The van der Waals surface area contributed by atoms with Crippen LogP contribution in [-0.4, -0.2) is 29.9 Å². The molecule has 1 saturated heterocycles. The number of hydrogen-bond donors (Lipinski definition) is 1. The van der Waals surface area contributed by atoms with E-state index in [0.29, 0.717) is 24.9 Å². The summed E-state index contributed by atoms with van der Waals surface area (Å²) in [7, 11) is 0. The van der Waals surface area contributed by atoms with Gasteiger partial charge in [-0.05, 0) is 44.2 Å². The van der Waals surface area contributed by atoms with E-state index >= 15 is 0 Å². The Morgan fingerprint density at radius 1 is 1.37 bits per heavy atom. The maximum atomic E-state index is 12.1. The van der Waals surface area contributed by atoms with Crippen LogP contribution in [0.1, 0.15) is 31.7 Å². The Kier molecular flexibility index (Phi) is 4.97. The van der Waals surface area contributed by atoms with E-state index in [0.717, 1.165) is 25.8 Å². The zero-order valence-electron chi connectivity index (χ0n) is 11.7. The summed E-state index contributed by atoms with van der Waals surface area (Å²) in [4.78, 5) is 14.1. The second-order valence-electron chi connectivity index (χ2n) is 5.46. The fourth-order valence-electron chi connectivity index (χ4n) is 2.94. The van der Waals surface area contributed by atoms with Crippen molar-refractivity contribution < 1.29 is 4.79 Å². The lowest BCUT2D eigenvalue weighted by molar-refractivity contribution is -0.132. The average Bonchev–Trinajstić information content (AvgIpc) is 2.79. The number of benzene rings is 1. The van der Waals surface area contributed by atoms with Crippen LogP contribution in [-0.2, 0) is 11.2 Å². The van der Waals surface area contributed by atoms with Crippen LogP contribution in [0.25, 0.3) is 0 Å². The molecule has 0 spiro atoms. The topological polar surface area (TPSA) is 46.3 Å². The molecule has 3 heteroatoms. The standard InChI is InChI=1S/C16H24N2O/c1-13-15(12-14-6-3-2-4-7-14)9-11-18(13)16(19)8-5-10-17/h2-4,6-7,13,15H,5,8-12,17H2,1H3/t13-,15+/m0/s1. The highest BCUT2D eigenvalue weighted by Crippen LogP contribution is 2.28. The molecule has 1 aromatic rings. The molecule has 2 rings (SSSR count). The first-order valence-electron chi connectivity index (χ1n) is 7.26. The number of hydrogen-bond acceptors (Lipinski definition) is 2. The Morgan fingerprint density at radius 2 is 2.11 bits per heavy atom.